The van der Waals surface area contributed by atoms with Crippen molar-refractivity contribution < 1.29 is 17.9 Å². The lowest BCUT2D eigenvalue weighted by Crippen LogP contribution is -2.40. The predicted molar refractivity (Wildman–Crippen MR) is 93.5 cm³/mol. The average molecular weight is 348 g/mol. The number of anilines is 1. The first-order valence-corrected chi connectivity index (χ1v) is 9.18. The van der Waals surface area contributed by atoms with E-state index in [1.165, 1.54) is 0 Å². The van der Waals surface area contributed by atoms with E-state index in [1.54, 1.807) is 43.5 Å². The van der Waals surface area contributed by atoms with Gasteiger partial charge in [-0.1, -0.05) is 36.4 Å². The number of benzene rings is 2. The van der Waals surface area contributed by atoms with Crippen LogP contribution in [0.4, 0.5) is 5.69 Å². The second-order valence-corrected chi connectivity index (χ2v) is 7.10. The van der Waals surface area contributed by atoms with Crippen molar-refractivity contribution in [3.05, 3.63) is 60.2 Å². The molecule has 1 N–H and O–H groups in total. The summed E-state index contributed by atoms with van der Waals surface area (Å²) in [5, 5.41) is 2.72. The summed E-state index contributed by atoms with van der Waals surface area (Å²) in [6.45, 7) is -0.0206. The molecule has 0 aliphatic rings. The molecule has 2 aromatic carbocycles. The maximum atomic E-state index is 12.2. The second kappa shape index (κ2) is 7.83. The number of para-hydroxylation sites is 2. The third-order valence-electron chi connectivity index (χ3n) is 3.40. The van der Waals surface area contributed by atoms with Gasteiger partial charge in [0, 0.05) is 12.1 Å². The van der Waals surface area contributed by atoms with Gasteiger partial charge in [-0.3, -0.25) is 9.10 Å². The molecule has 0 saturated carbocycles. The Morgan fingerprint density at radius 2 is 1.71 bits per heavy atom. The minimum atomic E-state index is -3.56. The number of carbonyl (C=O) groups excluding carboxylic acids is 1. The number of rotatable bonds is 7. The molecule has 24 heavy (non-hydrogen) atoms. The lowest BCUT2D eigenvalue weighted by atomic mass is 10.2. The molecule has 128 valence electrons. The molecule has 0 atom stereocenters. The zero-order chi connectivity index (χ0) is 17.6. The van der Waals surface area contributed by atoms with Crippen molar-refractivity contribution in [3.8, 4) is 5.75 Å². The molecule has 0 fully saturated rings. The summed E-state index contributed by atoms with van der Waals surface area (Å²) in [5.74, 6) is 0.274. The maximum Gasteiger partial charge on any atom is 0.241 e. The quantitative estimate of drug-likeness (QED) is 0.827. The summed E-state index contributed by atoms with van der Waals surface area (Å²) in [6.07, 6.45) is 1.08. The first-order chi connectivity index (χ1) is 11.4. The molecule has 2 aromatic rings. The summed E-state index contributed by atoms with van der Waals surface area (Å²) >= 11 is 0. The molecular formula is C17H20N2O4S. The monoisotopic (exact) mass is 348 g/mol. The first kappa shape index (κ1) is 17.8. The molecule has 0 heterocycles. The Kier molecular flexibility index (Phi) is 5.81. The number of ether oxygens (including phenoxy) is 1. The van der Waals surface area contributed by atoms with Crippen LogP contribution in [-0.4, -0.2) is 34.2 Å². The summed E-state index contributed by atoms with van der Waals surface area (Å²) in [5.41, 5.74) is 1.27. The molecule has 7 heteroatoms. The normalized spacial score (nSPS) is 10.9. The standard InChI is InChI=1S/C17H20N2O4S/c1-23-16-11-7-6-8-14(16)12-18-17(20)13-19(24(2,21)22)15-9-4-3-5-10-15/h3-11H,12-13H2,1-2H3,(H,18,20). The molecule has 0 unspecified atom stereocenters. The van der Waals surface area contributed by atoms with E-state index in [2.05, 4.69) is 5.32 Å². The number of hydrogen-bond donors (Lipinski definition) is 1. The fourth-order valence-corrected chi connectivity index (χ4v) is 3.08. The number of nitrogens with zero attached hydrogens (tertiary/aromatic N) is 1. The SMILES string of the molecule is COc1ccccc1CNC(=O)CN(c1ccccc1)S(C)(=O)=O. The zero-order valence-corrected chi connectivity index (χ0v) is 14.4. The van der Waals surface area contributed by atoms with Gasteiger partial charge < -0.3 is 10.1 Å². The van der Waals surface area contributed by atoms with Gasteiger partial charge in [0.1, 0.15) is 12.3 Å². The largest absolute Gasteiger partial charge is 0.496 e. The van der Waals surface area contributed by atoms with Crippen molar-refractivity contribution in [2.24, 2.45) is 0 Å². The number of methoxy groups -OCH3 is 1. The van der Waals surface area contributed by atoms with Crippen molar-refractivity contribution in [2.75, 3.05) is 24.2 Å². The molecule has 6 nitrogen and oxygen atoms in total. The van der Waals surface area contributed by atoms with Gasteiger partial charge in [0.15, 0.2) is 0 Å². The van der Waals surface area contributed by atoms with Crippen LogP contribution in [0.15, 0.2) is 54.6 Å². The topological polar surface area (TPSA) is 75.7 Å². The van der Waals surface area contributed by atoms with Crippen LogP contribution in [0.3, 0.4) is 0 Å². The van der Waals surface area contributed by atoms with Gasteiger partial charge in [0.25, 0.3) is 0 Å². The first-order valence-electron chi connectivity index (χ1n) is 7.33. The van der Waals surface area contributed by atoms with Crippen molar-refractivity contribution in [3.63, 3.8) is 0 Å². The lowest BCUT2D eigenvalue weighted by Gasteiger charge is -2.21. The second-order valence-electron chi connectivity index (χ2n) is 5.19. The summed E-state index contributed by atoms with van der Waals surface area (Å²) in [4.78, 5) is 12.2. The van der Waals surface area contributed by atoms with Gasteiger partial charge in [-0.2, -0.15) is 0 Å². The Bertz CT molecular complexity index is 791. The van der Waals surface area contributed by atoms with Crippen molar-refractivity contribution in [1.29, 1.82) is 0 Å². The van der Waals surface area contributed by atoms with E-state index in [0.717, 1.165) is 16.1 Å². The van der Waals surface area contributed by atoms with Crippen LogP contribution in [0.2, 0.25) is 0 Å². The van der Waals surface area contributed by atoms with Crippen LogP contribution >= 0.6 is 0 Å². The Hall–Kier alpha value is -2.54. The van der Waals surface area contributed by atoms with Gasteiger partial charge in [-0.15, -0.1) is 0 Å². The number of amides is 1. The minimum absolute atomic E-state index is 0.259. The van der Waals surface area contributed by atoms with Crippen LogP contribution in [0.25, 0.3) is 0 Å². The summed E-state index contributed by atoms with van der Waals surface area (Å²) in [7, 11) is -2.00. The third-order valence-corrected chi connectivity index (χ3v) is 4.54. The number of sulfonamides is 1. The summed E-state index contributed by atoms with van der Waals surface area (Å²) in [6, 6.07) is 15.8. The minimum Gasteiger partial charge on any atom is -0.496 e. The third kappa shape index (κ3) is 4.73. The highest BCUT2D eigenvalue weighted by Gasteiger charge is 2.20. The molecular weight excluding hydrogens is 328 g/mol. The highest BCUT2D eigenvalue weighted by atomic mass is 32.2. The zero-order valence-electron chi connectivity index (χ0n) is 13.6. The molecule has 0 radical (unpaired) electrons. The molecule has 0 aliphatic heterocycles. The van der Waals surface area contributed by atoms with Crippen LogP contribution in [0.1, 0.15) is 5.56 Å². The maximum absolute atomic E-state index is 12.2. The lowest BCUT2D eigenvalue weighted by molar-refractivity contribution is -0.119. The van der Waals surface area contributed by atoms with E-state index < -0.39 is 15.9 Å². The van der Waals surface area contributed by atoms with Crippen LogP contribution in [0, 0.1) is 0 Å². The fourth-order valence-electron chi connectivity index (χ4n) is 2.22. The Morgan fingerprint density at radius 3 is 2.33 bits per heavy atom. The van der Waals surface area contributed by atoms with E-state index >= 15 is 0 Å². The number of carbonyl (C=O) groups is 1. The van der Waals surface area contributed by atoms with E-state index in [1.807, 2.05) is 18.2 Å². The molecule has 0 bridgehead atoms. The molecule has 1 amide bonds. The molecule has 0 saturated heterocycles. The molecule has 0 aromatic heterocycles. The van der Waals surface area contributed by atoms with Crippen LogP contribution in [0.5, 0.6) is 5.75 Å². The highest BCUT2D eigenvalue weighted by molar-refractivity contribution is 7.92. The highest BCUT2D eigenvalue weighted by Crippen LogP contribution is 2.18. The fraction of sp³-hybridized carbons (Fsp3) is 0.235. The Labute approximate surface area is 142 Å². The van der Waals surface area contributed by atoms with E-state index in [0.29, 0.717) is 11.4 Å². The van der Waals surface area contributed by atoms with E-state index in [4.69, 9.17) is 4.74 Å². The summed E-state index contributed by atoms with van der Waals surface area (Å²) < 4.78 is 30.2. The van der Waals surface area contributed by atoms with Gasteiger partial charge >= 0.3 is 0 Å². The predicted octanol–water partition coefficient (Wildman–Crippen LogP) is 1.78. The van der Waals surface area contributed by atoms with E-state index in [9.17, 15) is 13.2 Å². The van der Waals surface area contributed by atoms with Crippen LogP contribution in [-0.2, 0) is 21.4 Å². The number of nitrogens with one attached hydrogen (secondary N) is 1. The molecule has 0 spiro atoms. The van der Waals surface area contributed by atoms with Crippen LogP contribution < -0.4 is 14.4 Å². The van der Waals surface area contributed by atoms with Crippen molar-refractivity contribution in [2.45, 2.75) is 6.54 Å². The number of hydrogen-bond acceptors (Lipinski definition) is 4. The Morgan fingerprint density at radius 1 is 1.08 bits per heavy atom. The average Bonchev–Trinajstić information content (AvgIpc) is 2.58. The van der Waals surface area contributed by atoms with Gasteiger partial charge in [0.2, 0.25) is 15.9 Å². The Balaban J connectivity index is 2.06. The smallest absolute Gasteiger partial charge is 0.241 e. The van der Waals surface area contributed by atoms with E-state index in [-0.39, 0.29) is 13.1 Å². The van der Waals surface area contributed by atoms with Crippen molar-refractivity contribution in [1.82, 2.24) is 5.32 Å². The van der Waals surface area contributed by atoms with Gasteiger partial charge in [-0.25, -0.2) is 8.42 Å². The van der Waals surface area contributed by atoms with Gasteiger partial charge in [0.05, 0.1) is 19.1 Å². The molecule has 0 aliphatic carbocycles. The van der Waals surface area contributed by atoms with Gasteiger partial charge in [-0.05, 0) is 18.2 Å². The van der Waals surface area contributed by atoms with Crippen molar-refractivity contribution >= 4 is 21.6 Å². The molecule has 2 rings (SSSR count).